The summed E-state index contributed by atoms with van der Waals surface area (Å²) in [6, 6.07) is 18.3. The molecule has 2 amide bonds. The molecule has 0 aromatic heterocycles. The number of rotatable bonds is 5. The molecule has 2 aliphatic heterocycles. The lowest BCUT2D eigenvalue weighted by Crippen LogP contribution is -2.27. The van der Waals surface area contributed by atoms with Crippen molar-refractivity contribution in [2.75, 3.05) is 27.8 Å². The summed E-state index contributed by atoms with van der Waals surface area (Å²) in [6.45, 7) is 7.28. The van der Waals surface area contributed by atoms with Gasteiger partial charge in [-0.25, -0.2) is 0 Å². The third-order valence-corrected chi connectivity index (χ3v) is 7.36. The van der Waals surface area contributed by atoms with Crippen LogP contribution in [0.5, 0.6) is 0 Å². The van der Waals surface area contributed by atoms with E-state index in [1.807, 2.05) is 24.3 Å². The van der Waals surface area contributed by atoms with Crippen LogP contribution in [-0.4, -0.2) is 24.9 Å². The third-order valence-electron chi connectivity index (χ3n) is 7.36. The van der Waals surface area contributed by atoms with E-state index in [9.17, 15) is 22.8 Å². The van der Waals surface area contributed by atoms with Gasteiger partial charge in [0.15, 0.2) is 0 Å². The first-order chi connectivity index (χ1) is 18.4. The number of halogens is 3. The van der Waals surface area contributed by atoms with Crippen molar-refractivity contribution in [1.29, 1.82) is 0 Å². The fraction of sp³-hybridized carbons (Fsp3) is 0.355. The van der Waals surface area contributed by atoms with E-state index in [0.717, 1.165) is 11.6 Å². The number of para-hydroxylation sites is 1. The van der Waals surface area contributed by atoms with Gasteiger partial charge in [-0.05, 0) is 66.3 Å². The molecule has 0 aliphatic carbocycles. The minimum Gasteiger partial charge on any atom is -0.312 e. The molecule has 204 valence electrons. The van der Waals surface area contributed by atoms with Crippen LogP contribution >= 0.6 is 0 Å². The lowest BCUT2D eigenvalue weighted by Gasteiger charge is -2.31. The minimum absolute atomic E-state index is 0.0305. The molecule has 2 fully saturated rings. The maximum atomic E-state index is 14.3. The highest BCUT2D eigenvalue weighted by molar-refractivity contribution is 6.00. The minimum atomic E-state index is -4.59. The Bertz CT molecular complexity index is 1350. The second-order valence-electron chi connectivity index (χ2n) is 11.2. The first kappa shape index (κ1) is 26.8. The second kappa shape index (κ2) is 10.1. The standard InChI is InChI=1S/C31H32F3N3O2/c1-30(2,3)21-12-14-22(15-13-21)37(27-9-5-4-8-26(27)31(32,33)34)25-19-23(35-16-6-10-28(35)38)18-24(20-25)36-17-7-11-29(36)39/h4-5,8-9,12-15,18-20H,6-7,10-11,16-17H2,1-3H3. The molecule has 0 bridgehead atoms. The van der Waals surface area contributed by atoms with Crippen molar-refractivity contribution in [1.82, 2.24) is 0 Å². The number of carbonyl (C=O) groups is 2. The summed E-state index contributed by atoms with van der Waals surface area (Å²) in [5.41, 5.74) is 2.26. The highest BCUT2D eigenvalue weighted by atomic mass is 19.4. The summed E-state index contributed by atoms with van der Waals surface area (Å²) in [5, 5.41) is 0. The Hall–Kier alpha value is -3.81. The number of carbonyl (C=O) groups excluding carboxylic acids is 2. The van der Waals surface area contributed by atoms with E-state index in [1.54, 1.807) is 39.0 Å². The maximum absolute atomic E-state index is 14.3. The number of benzene rings is 3. The highest BCUT2D eigenvalue weighted by Gasteiger charge is 2.36. The smallest absolute Gasteiger partial charge is 0.312 e. The van der Waals surface area contributed by atoms with Gasteiger partial charge < -0.3 is 14.7 Å². The first-order valence-corrected chi connectivity index (χ1v) is 13.3. The zero-order valence-corrected chi connectivity index (χ0v) is 22.4. The van der Waals surface area contributed by atoms with E-state index >= 15 is 0 Å². The molecule has 0 N–H and O–H groups in total. The van der Waals surface area contributed by atoms with E-state index in [4.69, 9.17) is 0 Å². The van der Waals surface area contributed by atoms with E-state index in [-0.39, 0.29) is 22.9 Å². The van der Waals surface area contributed by atoms with Crippen LogP contribution in [0.15, 0.2) is 66.7 Å². The van der Waals surface area contributed by atoms with Gasteiger partial charge in [-0.15, -0.1) is 0 Å². The van der Waals surface area contributed by atoms with Crippen LogP contribution in [0.2, 0.25) is 0 Å². The van der Waals surface area contributed by atoms with Gasteiger partial charge in [-0.1, -0.05) is 45.0 Å². The molecule has 5 rings (SSSR count). The number of alkyl halides is 3. The fourth-order valence-electron chi connectivity index (χ4n) is 5.31. The van der Waals surface area contributed by atoms with E-state index in [2.05, 4.69) is 20.8 Å². The van der Waals surface area contributed by atoms with Crippen LogP contribution in [0.25, 0.3) is 0 Å². The van der Waals surface area contributed by atoms with Crippen molar-refractivity contribution < 1.29 is 22.8 Å². The van der Waals surface area contributed by atoms with Crippen molar-refractivity contribution in [2.45, 2.75) is 58.0 Å². The Labute approximate surface area is 226 Å². The van der Waals surface area contributed by atoms with E-state index in [1.165, 1.54) is 12.1 Å². The van der Waals surface area contributed by atoms with E-state index in [0.29, 0.717) is 61.5 Å². The molecule has 0 atom stereocenters. The van der Waals surface area contributed by atoms with Crippen LogP contribution in [0.4, 0.5) is 41.6 Å². The van der Waals surface area contributed by atoms with Crippen LogP contribution in [0.3, 0.4) is 0 Å². The lowest BCUT2D eigenvalue weighted by molar-refractivity contribution is -0.137. The van der Waals surface area contributed by atoms with Gasteiger partial charge in [0.25, 0.3) is 0 Å². The van der Waals surface area contributed by atoms with Crippen molar-refractivity contribution in [3.8, 4) is 0 Å². The van der Waals surface area contributed by atoms with Gasteiger partial charge in [-0.3, -0.25) is 9.59 Å². The van der Waals surface area contributed by atoms with Gasteiger partial charge in [-0.2, -0.15) is 13.2 Å². The quantitative estimate of drug-likeness (QED) is 0.336. The van der Waals surface area contributed by atoms with E-state index < -0.39 is 11.7 Å². The fourth-order valence-corrected chi connectivity index (χ4v) is 5.31. The second-order valence-corrected chi connectivity index (χ2v) is 11.2. The molecule has 3 aromatic carbocycles. The van der Waals surface area contributed by atoms with Crippen molar-refractivity contribution >= 4 is 40.3 Å². The summed E-state index contributed by atoms with van der Waals surface area (Å²) >= 11 is 0. The highest BCUT2D eigenvalue weighted by Crippen LogP contribution is 2.45. The summed E-state index contributed by atoms with van der Waals surface area (Å²) < 4.78 is 42.8. The molecule has 0 saturated carbocycles. The van der Waals surface area contributed by atoms with Crippen LogP contribution in [0, 0.1) is 0 Å². The molecular formula is C31H32F3N3O2. The summed E-state index contributed by atoms with van der Waals surface area (Å²) in [5.74, 6) is -0.0785. The molecule has 2 saturated heterocycles. The maximum Gasteiger partial charge on any atom is 0.418 e. The van der Waals surface area contributed by atoms with Crippen molar-refractivity contribution in [3.05, 3.63) is 77.9 Å². The molecule has 8 heteroatoms. The molecule has 0 spiro atoms. The number of nitrogens with zero attached hydrogens (tertiary/aromatic N) is 3. The van der Waals surface area contributed by atoms with Gasteiger partial charge in [0, 0.05) is 43.0 Å². The molecule has 2 aliphatic rings. The van der Waals surface area contributed by atoms with Crippen LogP contribution < -0.4 is 14.7 Å². The molecule has 0 radical (unpaired) electrons. The topological polar surface area (TPSA) is 43.9 Å². The molecular weight excluding hydrogens is 503 g/mol. The third kappa shape index (κ3) is 5.37. The van der Waals surface area contributed by atoms with Gasteiger partial charge in [0.05, 0.1) is 16.9 Å². The molecule has 39 heavy (non-hydrogen) atoms. The Balaban J connectivity index is 1.74. The van der Waals surface area contributed by atoms with Crippen LogP contribution in [0.1, 0.15) is 57.6 Å². The SMILES string of the molecule is CC(C)(C)c1ccc(N(c2cc(N3CCCC3=O)cc(N3CCCC3=O)c2)c2ccccc2C(F)(F)F)cc1. The van der Waals surface area contributed by atoms with Crippen LogP contribution in [-0.2, 0) is 21.2 Å². The van der Waals surface area contributed by atoms with Crippen molar-refractivity contribution in [3.63, 3.8) is 0 Å². The zero-order valence-electron chi connectivity index (χ0n) is 22.4. The Morgan fingerprint density at radius 1 is 0.718 bits per heavy atom. The number of hydrogen-bond donors (Lipinski definition) is 0. The Morgan fingerprint density at radius 3 is 1.72 bits per heavy atom. The number of amides is 2. The lowest BCUT2D eigenvalue weighted by atomic mass is 9.87. The largest absolute Gasteiger partial charge is 0.418 e. The average Bonchev–Trinajstić information content (AvgIpc) is 3.51. The summed E-state index contributed by atoms with van der Waals surface area (Å²) in [7, 11) is 0. The molecule has 2 heterocycles. The Kier molecular flexibility index (Phi) is 6.91. The number of hydrogen-bond acceptors (Lipinski definition) is 3. The molecule has 5 nitrogen and oxygen atoms in total. The van der Waals surface area contributed by atoms with Gasteiger partial charge in [0.1, 0.15) is 0 Å². The normalized spacial score (nSPS) is 16.4. The predicted molar refractivity (Wildman–Crippen MR) is 148 cm³/mol. The van der Waals surface area contributed by atoms with Gasteiger partial charge in [0.2, 0.25) is 11.8 Å². The summed E-state index contributed by atoms with van der Waals surface area (Å²) in [6.07, 6.45) is -2.35. The predicted octanol–water partition coefficient (Wildman–Crippen LogP) is 7.73. The number of anilines is 5. The molecule has 3 aromatic rings. The van der Waals surface area contributed by atoms with Gasteiger partial charge >= 0.3 is 6.18 Å². The summed E-state index contributed by atoms with van der Waals surface area (Å²) in [4.78, 5) is 30.3. The van der Waals surface area contributed by atoms with Crippen molar-refractivity contribution in [2.24, 2.45) is 0 Å². The average molecular weight is 536 g/mol. The Morgan fingerprint density at radius 2 is 1.26 bits per heavy atom. The molecule has 0 unspecified atom stereocenters. The monoisotopic (exact) mass is 535 g/mol. The zero-order chi connectivity index (χ0) is 27.9. The first-order valence-electron chi connectivity index (χ1n) is 13.3.